The first-order valence-electron chi connectivity index (χ1n) is 3.64. The molecule has 50 valence electrons. The van der Waals surface area contributed by atoms with Gasteiger partial charge in [-0.2, -0.15) is 0 Å². The molecule has 0 aromatic heterocycles. The number of fused-ring (bicyclic) bond motifs is 1. The van der Waals surface area contributed by atoms with Crippen LogP contribution in [0.4, 0.5) is 0 Å². The van der Waals surface area contributed by atoms with Crippen molar-refractivity contribution in [2.24, 2.45) is 11.8 Å². The largest absolute Gasteiger partial charge is 0.389 e. The van der Waals surface area contributed by atoms with Gasteiger partial charge in [0.1, 0.15) is 0 Å². The Bertz CT molecular complexity index is 160. The fourth-order valence-corrected chi connectivity index (χ4v) is 1.67. The maximum absolute atomic E-state index is 9.31. The van der Waals surface area contributed by atoms with Crippen LogP contribution in [0.15, 0.2) is 11.6 Å². The number of aliphatic hydroxyl groups excluding tert-OH is 1. The average Bonchev–Trinajstić information content (AvgIpc) is 2.46. The highest BCUT2D eigenvalue weighted by atomic mass is 16.3. The van der Waals surface area contributed by atoms with Crippen LogP contribution < -0.4 is 0 Å². The summed E-state index contributed by atoms with van der Waals surface area (Å²) in [5, 5.41) is 9.31. The first-order valence-corrected chi connectivity index (χ1v) is 3.64. The molecule has 0 aromatic carbocycles. The van der Waals surface area contributed by atoms with Gasteiger partial charge in [-0.15, -0.1) is 0 Å². The normalized spacial score (nSPS) is 47.8. The molecule has 1 heteroatoms. The number of allylic oxidation sites excluding steroid dienone is 1. The van der Waals surface area contributed by atoms with Gasteiger partial charge < -0.3 is 5.11 Å². The first kappa shape index (κ1) is 5.48. The smallest absolute Gasteiger partial charge is 0.0750 e. The Morgan fingerprint density at radius 2 is 2.33 bits per heavy atom. The molecule has 0 aliphatic heterocycles. The molecule has 0 radical (unpaired) electrons. The molecule has 1 saturated carbocycles. The first-order chi connectivity index (χ1) is 4.27. The van der Waals surface area contributed by atoms with Crippen LogP contribution in [0.25, 0.3) is 0 Å². The molecule has 0 bridgehead atoms. The van der Waals surface area contributed by atoms with Gasteiger partial charge >= 0.3 is 0 Å². The summed E-state index contributed by atoms with van der Waals surface area (Å²) < 4.78 is 0. The Labute approximate surface area is 55.4 Å². The Morgan fingerprint density at radius 1 is 1.56 bits per heavy atom. The van der Waals surface area contributed by atoms with E-state index in [0.717, 1.165) is 18.3 Å². The van der Waals surface area contributed by atoms with E-state index < -0.39 is 0 Å². The molecule has 3 atom stereocenters. The third-order valence-corrected chi connectivity index (χ3v) is 2.51. The molecule has 0 amide bonds. The second-order valence-electron chi connectivity index (χ2n) is 3.32. The topological polar surface area (TPSA) is 20.2 Å². The zero-order valence-corrected chi connectivity index (χ0v) is 5.67. The summed E-state index contributed by atoms with van der Waals surface area (Å²) in [6.07, 6.45) is 4.47. The van der Waals surface area contributed by atoms with E-state index in [1.54, 1.807) is 0 Å². The summed E-state index contributed by atoms with van der Waals surface area (Å²) in [5.41, 5.74) is 1.19. The van der Waals surface area contributed by atoms with Crippen molar-refractivity contribution in [1.82, 2.24) is 0 Å². The van der Waals surface area contributed by atoms with Crippen LogP contribution in [-0.4, -0.2) is 11.2 Å². The molecular weight excluding hydrogens is 112 g/mol. The quantitative estimate of drug-likeness (QED) is 0.483. The van der Waals surface area contributed by atoms with Crippen LogP contribution in [-0.2, 0) is 0 Å². The zero-order chi connectivity index (χ0) is 6.43. The monoisotopic (exact) mass is 124 g/mol. The molecule has 2 rings (SSSR count). The van der Waals surface area contributed by atoms with E-state index in [9.17, 15) is 5.11 Å². The molecular formula is C8H12O. The molecule has 2 aliphatic rings. The highest BCUT2D eigenvalue weighted by Crippen LogP contribution is 2.47. The summed E-state index contributed by atoms with van der Waals surface area (Å²) >= 11 is 0. The molecule has 1 nitrogen and oxygen atoms in total. The van der Waals surface area contributed by atoms with Crippen LogP contribution in [0.5, 0.6) is 0 Å². The van der Waals surface area contributed by atoms with Crippen LogP contribution in [0.2, 0.25) is 0 Å². The third-order valence-electron chi connectivity index (χ3n) is 2.51. The van der Waals surface area contributed by atoms with E-state index in [1.807, 2.05) is 6.92 Å². The Kier molecular flexibility index (Phi) is 0.974. The van der Waals surface area contributed by atoms with Gasteiger partial charge in [-0.05, 0) is 37.2 Å². The van der Waals surface area contributed by atoms with Crippen LogP contribution >= 0.6 is 0 Å². The predicted molar refractivity (Wildman–Crippen MR) is 36.0 cm³/mol. The molecule has 0 aromatic rings. The Hall–Kier alpha value is -0.300. The van der Waals surface area contributed by atoms with Gasteiger partial charge in [-0.1, -0.05) is 6.08 Å². The van der Waals surface area contributed by atoms with E-state index in [-0.39, 0.29) is 6.10 Å². The van der Waals surface area contributed by atoms with Crippen molar-refractivity contribution in [3.05, 3.63) is 11.6 Å². The van der Waals surface area contributed by atoms with E-state index in [4.69, 9.17) is 0 Å². The average molecular weight is 124 g/mol. The van der Waals surface area contributed by atoms with Gasteiger partial charge in [0, 0.05) is 0 Å². The number of rotatable bonds is 0. The Morgan fingerprint density at radius 3 is 3.00 bits per heavy atom. The molecule has 2 aliphatic carbocycles. The molecule has 0 spiro atoms. The molecule has 9 heavy (non-hydrogen) atoms. The Balaban J connectivity index is 2.18. The number of hydrogen-bond acceptors (Lipinski definition) is 1. The SMILES string of the molecule is CC1=C[C@@H]2C[C@@H]2C[C@H]1O. The minimum absolute atomic E-state index is 0.117. The van der Waals surface area contributed by atoms with Gasteiger partial charge in [0.25, 0.3) is 0 Å². The third kappa shape index (κ3) is 0.799. The molecule has 0 unspecified atom stereocenters. The van der Waals surface area contributed by atoms with Gasteiger partial charge in [0.2, 0.25) is 0 Å². The summed E-state index contributed by atoms with van der Waals surface area (Å²) in [5.74, 6) is 1.68. The number of hydrogen-bond donors (Lipinski definition) is 1. The fraction of sp³-hybridized carbons (Fsp3) is 0.750. The van der Waals surface area contributed by atoms with Crippen molar-refractivity contribution in [2.45, 2.75) is 25.9 Å². The lowest BCUT2D eigenvalue weighted by Gasteiger charge is -2.14. The van der Waals surface area contributed by atoms with Crippen molar-refractivity contribution in [3.8, 4) is 0 Å². The van der Waals surface area contributed by atoms with Crippen LogP contribution in [0.3, 0.4) is 0 Å². The van der Waals surface area contributed by atoms with E-state index in [0.29, 0.717) is 0 Å². The van der Waals surface area contributed by atoms with E-state index in [1.165, 1.54) is 12.0 Å². The second kappa shape index (κ2) is 1.60. The lowest BCUT2D eigenvalue weighted by atomic mass is 9.98. The maximum Gasteiger partial charge on any atom is 0.0750 e. The highest BCUT2D eigenvalue weighted by molar-refractivity contribution is 5.18. The lowest BCUT2D eigenvalue weighted by molar-refractivity contribution is 0.186. The van der Waals surface area contributed by atoms with E-state index >= 15 is 0 Å². The summed E-state index contributed by atoms with van der Waals surface area (Å²) in [6.45, 7) is 2.03. The zero-order valence-electron chi connectivity index (χ0n) is 5.67. The van der Waals surface area contributed by atoms with Gasteiger partial charge in [-0.3, -0.25) is 0 Å². The molecule has 0 saturated heterocycles. The lowest BCUT2D eigenvalue weighted by Crippen LogP contribution is -2.12. The van der Waals surface area contributed by atoms with Crippen molar-refractivity contribution in [2.75, 3.05) is 0 Å². The van der Waals surface area contributed by atoms with Crippen molar-refractivity contribution in [3.63, 3.8) is 0 Å². The minimum Gasteiger partial charge on any atom is -0.389 e. The van der Waals surface area contributed by atoms with Crippen molar-refractivity contribution in [1.29, 1.82) is 0 Å². The van der Waals surface area contributed by atoms with Gasteiger partial charge in [-0.25, -0.2) is 0 Å². The summed E-state index contributed by atoms with van der Waals surface area (Å²) in [7, 11) is 0. The second-order valence-corrected chi connectivity index (χ2v) is 3.32. The van der Waals surface area contributed by atoms with Crippen LogP contribution in [0, 0.1) is 11.8 Å². The standard InChI is InChI=1S/C8H12O/c1-5-2-6-3-7(6)4-8(5)9/h2,6-9H,3-4H2,1H3/t6-,7-,8-/m1/s1. The summed E-state index contributed by atoms with van der Waals surface area (Å²) in [4.78, 5) is 0. The van der Waals surface area contributed by atoms with Crippen LogP contribution in [0.1, 0.15) is 19.8 Å². The van der Waals surface area contributed by atoms with Crippen molar-refractivity contribution < 1.29 is 5.11 Å². The molecule has 0 heterocycles. The minimum atomic E-state index is -0.117. The maximum atomic E-state index is 9.31. The van der Waals surface area contributed by atoms with Gasteiger partial charge in [0.05, 0.1) is 6.10 Å². The predicted octanol–water partition coefficient (Wildman–Crippen LogP) is 1.33. The highest BCUT2D eigenvalue weighted by Gasteiger charge is 2.40. The molecule has 1 fully saturated rings. The summed E-state index contributed by atoms with van der Waals surface area (Å²) in [6, 6.07) is 0. The fourth-order valence-electron chi connectivity index (χ4n) is 1.67. The van der Waals surface area contributed by atoms with E-state index in [2.05, 4.69) is 6.08 Å². The van der Waals surface area contributed by atoms with Crippen molar-refractivity contribution >= 4 is 0 Å². The molecule has 1 N–H and O–H groups in total. The van der Waals surface area contributed by atoms with Gasteiger partial charge in [0.15, 0.2) is 0 Å². The number of aliphatic hydroxyl groups is 1.